The molecule has 2 aliphatic carbocycles. The van der Waals surface area contributed by atoms with Crippen molar-refractivity contribution in [3.8, 4) is 73.4 Å². The topological polar surface area (TPSA) is 56.5 Å². The monoisotopic (exact) mass is 789 g/mol. The average molecular weight is 790 g/mol. The molecular formula is C57H35N5. The zero-order chi connectivity index (χ0) is 40.8. The van der Waals surface area contributed by atoms with Crippen molar-refractivity contribution in [3.05, 3.63) is 235 Å². The molecule has 0 saturated carbocycles. The Morgan fingerprint density at radius 3 is 1.39 bits per heavy atom. The molecule has 9 aromatic carbocycles. The maximum Gasteiger partial charge on any atom is 0.164 e. The molecule has 0 fully saturated rings. The molecule has 0 aliphatic heterocycles. The smallest absolute Gasteiger partial charge is 0.164 e. The molecule has 288 valence electrons. The molecule has 2 aliphatic rings. The van der Waals surface area contributed by atoms with E-state index in [0.29, 0.717) is 17.5 Å². The standard InChI is InChI=1S/C57H35N5/c1-4-16-36(17-5-1)54-58-55(37-18-6-2-7-19-37)60-56(59-54)41-29-31-46-45-30-28-40(33-50(45)57(51(46)34-41)48-26-14-12-24-43(48)44-25-13-15-27-49(44)57)53-47-32-38-20-10-11-21-39(38)35-52(47)62(61-53)42-22-8-3-9-23-42/h1-35H. The first-order chi connectivity index (χ1) is 30.7. The van der Waals surface area contributed by atoms with Crippen LogP contribution in [0.25, 0.3) is 95.0 Å². The molecule has 0 N–H and O–H groups in total. The minimum Gasteiger partial charge on any atom is -0.232 e. The first kappa shape index (κ1) is 34.6. The molecule has 1 spiro atoms. The van der Waals surface area contributed by atoms with Gasteiger partial charge in [-0.2, -0.15) is 5.10 Å². The number of rotatable bonds is 5. The molecular weight excluding hydrogens is 755 g/mol. The van der Waals surface area contributed by atoms with Crippen LogP contribution in [0, 0.1) is 0 Å². The van der Waals surface area contributed by atoms with Gasteiger partial charge in [0.15, 0.2) is 17.5 Å². The van der Waals surface area contributed by atoms with E-state index in [0.717, 1.165) is 44.5 Å². The summed E-state index contributed by atoms with van der Waals surface area (Å²) in [6, 6.07) is 75.7. The van der Waals surface area contributed by atoms with Crippen molar-refractivity contribution in [3.63, 3.8) is 0 Å². The van der Waals surface area contributed by atoms with Crippen LogP contribution in [0.2, 0.25) is 0 Å². The van der Waals surface area contributed by atoms with Gasteiger partial charge >= 0.3 is 0 Å². The molecule has 5 nitrogen and oxygen atoms in total. The molecule has 0 radical (unpaired) electrons. The highest BCUT2D eigenvalue weighted by Gasteiger charge is 2.52. The highest BCUT2D eigenvalue weighted by molar-refractivity contribution is 6.04. The van der Waals surface area contributed by atoms with Crippen molar-refractivity contribution >= 4 is 21.7 Å². The van der Waals surface area contributed by atoms with Crippen LogP contribution in [0.4, 0.5) is 0 Å². The van der Waals surface area contributed by atoms with Crippen LogP contribution in [0.5, 0.6) is 0 Å². The lowest BCUT2D eigenvalue weighted by molar-refractivity contribution is 0.794. The van der Waals surface area contributed by atoms with Crippen LogP contribution in [0.15, 0.2) is 212 Å². The summed E-state index contributed by atoms with van der Waals surface area (Å²) in [6.45, 7) is 0. The highest BCUT2D eigenvalue weighted by Crippen LogP contribution is 2.63. The number of benzene rings is 9. The Bertz CT molecular complexity index is 3470. The lowest BCUT2D eigenvalue weighted by Gasteiger charge is -2.31. The lowest BCUT2D eigenvalue weighted by Crippen LogP contribution is -2.26. The van der Waals surface area contributed by atoms with Gasteiger partial charge in [-0.25, -0.2) is 19.6 Å². The zero-order valence-corrected chi connectivity index (χ0v) is 33.4. The largest absolute Gasteiger partial charge is 0.232 e. The van der Waals surface area contributed by atoms with E-state index >= 15 is 0 Å². The van der Waals surface area contributed by atoms with E-state index in [1.165, 1.54) is 55.3 Å². The first-order valence-corrected chi connectivity index (χ1v) is 21.1. The molecule has 0 atom stereocenters. The van der Waals surface area contributed by atoms with E-state index in [4.69, 9.17) is 20.1 Å². The molecule has 0 bridgehead atoms. The average Bonchev–Trinajstić information content (AvgIpc) is 3.97. The van der Waals surface area contributed by atoms with Gasteiger partial charge in [0.25, 0.3) is 0 Å². The normalized spacial score (nSPS) is 13.0. The predicted molar refractivity (Wildman–Crippen MR) is 250 cm³/mol. The summed E-state index contributed by atoms with van der Waals surface area (Å²) >= 11 is 0. The van der Waals surface area contributed by atoms with Crippen molar-refractivity contribution in [2.45, 2.75) is 5.41 Å². The summed E-state index contributed by atoms with van der Waals surface area (Å²) < 4.78 is 2.10. The number of hydrogen-bond donors (Lipinski definition) is 0. The van der Waals surface area contributed by atoms with Gasteiger partial charge in [0, 0.05) is 27.6 Å². The lowest BCUT2D eigenvalue weighted by atomic mass is 9.70. The third kappa shape index (κ3) is 5.02. The molecule has 2 heterocycles. The second-order valence-electron chi connectivity index (χ2n) is 16.2. The number of hydrogen-bond acceptors (Lipinski definition) is 4. The number of aromatic nitrogens is 5. The molecule has 0 amide bonds. The van der Waals surface area contributed by atoms with Crippen LogP contribution >= 0.6 is 0 Å². The Hall–Kier alpha value is -8.28. The van der Waals surface area contributed by atoms with E-state index in [1.54, 1.807) is 0 Å². The van der Waals surface area contributed by atoms with Gasteiger partial charge in [-0.05, 0) is 91.7 Å². The fourth-order valence-electron chi connectivity index (χ4n) is 10.1. The Kier molecular flexibility index (Phi) is 7.45. The highest BCUT2D eigenvalue weighted by atomic mass is 15.3. The van der Waals surface area contributed by atoms with Crippen molar-refractivity contribution in [2.24, 2.45) is 0 Å². The van der Waals surface area contributed by atoms with Gasteiger partial charge in [0.2, 0.25) is 0 Å². The van der Waals surface area contributed by atoms with Gasteiger partial charge in [0.1, 0.15) is 5.69 Å². The molecule has 5 heteroatoms. The third-order valence-electron chi connectivity index (χ3n) is 12.9. The number of nitrogens with zero attached hydrogens (tertiary/aromatic N) is 5. The summed E-state index contributed by atoms with van der Waals surface area (Å²) in [4.78, 5) is 15.4. The van der Waals surface area contributed by atoms with E-state index in [9.17, 15) is 0 Å². The van der Waals surface area contributed by atoms with Gasteiger partial charge < -0.3 is 0 Å². The van der Waals surface area contributed by atoms with E-state index < -0.39 is 5.41 Å². The van der Waals surface area contributed by atoms with Crippen LogP contribution in [-0.4, -0.2) is 24.7 Å². The maximum absolute atomic E-state index is 5.45. The minimum atomic E-state index is -0.605. The van der Waals surface area contributed by atoms with Gasteiger partial charge in [0.05, 0.1) is 16.6 Å². The Labute approximate surface area is 358 Å². The van der Waals surface area contributed by atoms with E-state index in [1.807, 2.05) is 36.4 Å². The van der Waals surface area contributed by atoms with Crippen molar-refractivity contribution in [2.75, 3.05) is 0 Å². The van der Waals surface area contributed by atoms with E-state index in [2.05, 4.69) is 181 Å². The summed E-state index contributed by atoms with van der Waals surface area (Å²) in [5, 5.41) is 8.94. The van der Waals surface area contributed by atoms with Gasteiger partial charge in [-0.3, -0.25) is 0 Å². The van der Waals surface area contributed by atoms with Crippen molar-refractivity contribution < 1.29 is 0 Å². The molecule has 0 unspecified atom stereocenters. The zero-order valence-electron chi connectivity index (χ0n) is 33.4. The number of para-hydroxylation sites is 1. The Morgan fingerprint density at radius 1 is 0.339 bits per heavy atom. The van der Waals surface area contributed by atoms with Crippen molar-refractivity contribution in [1.29, 1.82) is 0 Å². The van der Waals surface area contributed by atoms with Crippen LogP contribution in [0.1, 0.15) is 22.3 Å². The first-order valence-electron chi connectivity index (χ1n) is 21.1. The summed E-state index contributed by atoms with van der Waals surface area (Å²) in [5.74, 6) is 1.92. The van der Waals surface area contributed by atoms with Crippen LogP contribution in [-0.2, 0) is 5.41 Å². The fourth-order valence-corrected chi connectivity index (χ4v) is 10.1. The predicted octanol–water partition coefficient (Wildman–Crippen LogP) is 13.4. The molecule has 0 saturated heterocycles. The van der Waals surface area contributed by atoms with Crippen molar-refractivity contribution in [1.82, 2.24) is 24.7 Å². The summed E-state index contributed by atoms with van der Waals surface area (Å²) in [7, 11) is 0. The van der Waals surface area contributed by atoms with Crippen LogP contribution in [0.3, 0.4) is 0 Å². The Morgan fingerprint density at radius 2 is 0.790 bits per heavy atom. The second kappa shape index (κ2) is 13.4. The summed E-state index contributed by atoms with van der Waals surface area (Å²) in [6.07, 6.45) is 0. The maximum atomic E-state index is 5.45. The molecule has 13 rings (SSSR count). The second-order valence-corrected chi connectivity index (χ2v) is 16.2. The fraction of sp³-hybridized carbons (Fsp3) is 0.0175. The Balaban J connectivity index is 1.07. The minimum absolute atomic E-state index is 0.605. The molecule has 11 aromatic rings. The third-order valence-corrected chi connectivity index (χ3v) is 12.9. The van der Waals surface area contributed by atoms with Gasteiger partial charge in [-0.1, -0.05) is 176 Å². The number of fused-ring (bicyclic) bond motifs is 12. The SMILES string of the molecule is c1ccc(-c2nc(-c3ccccc3)nc(-c3ccc4c(c3)C3(c5ccccc5-c5ccccc53)c3cc(-c5nn(-c6ccccc6)c6cc7ccccc7cc56)ccc3-4)n2)cc1. The van der Waals surface area contributed by atoms with E-state index in [-0.39, 0.29) is 0 Å². The quantitative estimate of drug-likeness (QED) is 0.174. The molecule has 62 heavy (non-hydrogen) atoms. The molecule has 2 aromatic heterocycles. The summed E-state index contributed by atoms with van der Waals surface area (Å²) in [5.41, 5.74) is 16.3. The van der Waals surface area contributed by atoms with Crippen LogP contribution < -0.4 is 0 Å². The van der Waals surface area contributed by atoms with Gasteiger partial charge in [-0.15, -0.1) is 0 Å².